The molecule has 0 aliphatic carbocycles. The van der Waals surface area contributed by atoms with Crippen LogP contribution in [0, 0.1) is 0 Å². The Hall–Kier alpha value is -1.39. The number of nitrogens with two attached hydrogens (primary N) is 1. The summed E-state index contributed by atoms with van der Waals surface area (Å²) in [6.07, 6.45) is 0.0154. The van der Waals surface area contributed by atoms with Gasteiger partial charge in [0, 0.05) is 25.8 Å². The van der Waals surface area contributed by atoms with E-state index < -0.39 is 0 Å². The van der Waals surface area contributed by atoms with Gasteiger partial charge in [-0.2, -0.15) is 0 Å². The molecule has 16 heavy (non-hydrogen) atoms. The Balaban J connectivity index is 2.58. The van der Waals surface area contributed by atoms with Crippen LogP contribution in [0.15, 0.2) is 24.3 Å². The smallest absolute Gasteiger partial charge is 0.251 e. The lowest BCUT2D eigenvalue weighted by Gasteiger charge is -2.11. The van der Waals surface area contributed by atoms with E-state index in [0.29, 0.717) is 18.7 Å². The summed E-state index contributed by atoms with van der Waals surface area (Å²) in [7, 11) is 1.62. The average molecular weight is 222 g/mol. The van der Waals surface area contributed by atoms with E-state index in [4.69, 9.17) is 10.5 Å². The van der Waals surface area contributed by atoms with Crippen molar-refractivity contribution < 1.29 is 9.53 Å². The summed E-state index contributed by atoms with van der Waals surface area (Å²) in [6.45, 7) is 2.84. The maximum absolute atomic E-state index is 11.7. The number of rotatable bonds is 5. The third-order valence-corrected chi connectivity index (χ3v) is 2.38. The van der Waals surface area contributed by atoms with Crippen LogP contribution in [0.25, 0.3) is 0 Å². The number of benzene rings is 1. The Kier molecular flexibility index (Phi) is 4.95. The zero-order chi connectivity index (χ0) is 12.0. The molecule has 0 saturated heterocycles. The van der Waals surface area contributed by atoms with Crippen LogP contribution in [0.1, 0.15) is 22.8 Å². The fourth-order valence-electron chi connectivity index (χ4n) is 1.26. The zero-order valence-corrected chi connectivity index (χ0v) is 9.69. The lowest BCUT2D eigenvalue weighted by Crippen LogP contribution is -2.31. The minimum atomic E-state index is -0.0980. The summed E-state index contributed by atoms with van der Waals surface area (Å²) in [6, 6.07) is 7.30. The highest BCUT2D eigenvalue weighted by Gasteiger charge is 2.07. The Labute approximate surface area is 95.8 Å². The molecule has 0 fully saturated rings. The molecule has 1 aromatic carbocycles. The highest BCUT2D eigenvalue weighted by molar-refractivity contribution is 5.94. The fraction of sp³-hybridized carbons (Fsp3) is 0.417. The first kappa shape index (κ1) is 12.7. The Morgan fingerprint density at radius 3 is 2.94 bits per heavy atom. The molecule has 3 N–H and O–H groups in total. The van der Waals surface area contributed by atoms with E-state index in [2.05, 4.69) is 5.32 Å². The second-order valence-corrected chi connectivity index (χ2v) is 3.66. The third-order valence-electron chi connectivity index (χ3n) is 2.38. The molecule has 0 radical (unpaired) electrons. The molecule has 1 aromatic rings. The van der Waals surface area contributed by atoms with Crippen LogP contribution in [0.2, 0.25) is 0 Å². The predicted molar refractivity (Wildman–Crippen MR) is 63.1 cm³/mol. The van der Waals surface area contributed by atoms with Gasteiger partial charge in [0.1, 0.15) is 0 Å². The summed E-state index contributed by atoms with van der Waals surface area (Å²) < 4.78 is 5.05. The third kappa shape index (κ3) is 3.64. The van der Waals surface area contributed by atoms with Gasteiger partial charge in [-0.3, -0.25) is 4.79 Å². The molecule has 1 rings (SSSR count). The molecular formula is C12H18N2O2. The van der Waals surface area contributed by atoms with E-state index in [1.165, 1.54) is 0 Å². The van der Waals surface area contributed by atoms with Gasteiger partial charge >= 0.3 is 0 Å². The van der Waals surface area contributed by atoms with Gasteiger partial charge in [-0.25, -0.2) is 0 Å². The van der Waals surface area contributed by atoms with Gasteiger partial charge < -0.3 is 15.8 Å². The number of hydrogen-bond donors (Lipinski definition) is 2. The van der Waals surface area contributed by atoms with Crippen LogP contribution in [0.3, 0.4) is 0 Å². The summed E-state index contributed by atoms with van der Waals surface area (Å²) in [5, 5.41) is 2.80. The molecule has 0 bridgehead atoms. The minimum absolute atomic E-state index is 0.0154. The second-order valence-electron chi connectivity index (χ2n) is 3.66. The maximum Gasteiger partial charge on any atom is 0.251 e. The van der Waals surface area contributed by atoms with E-state index in [1.54, 1.807) is 19.2 Å². The quantitative estimate of drug-likeness (QED) is 0.778. The first-order chi connectivity index (χ1) is 7.67. The van der Waals surface area contributed by atoms with Gasteiger partial charge in [-0.15, -0.1) is 0 Å². The number of hydrogen-bond acceptors (Lipinski definition) is 3. The van der Waals surface area contributed by atoms with Crippen molar-refractivity contribution in [3.63, 3.8) is 0 Å². The minimum Gasteiger partial charge on any atom is -0.380 e. The van der Waals surface area contributed by atoms with Crippen molar-refractivity contribution in [2.75, 3.05) is 13.7 Å². The number of methoxy groups -OCH3 is 1. The lowest BCUT2D eigenvalue weighted by molar-refractivity contribution is 0.0870. The Morgan fingerprint density at radius 1 is 1.56 bits per heavy atom. The fourth-order valence-corrected chi connectivity index (χ4v) is 1.26. The van der Waals surface area contributed by atoms with Crippen molar-refractivity contribution >= 4 is 5.91 Å². The zero-order valence-electron chi connectivity index (χ0n) is 9.69. The average Bonchev–Trinajstić information content (AvgIpc) is 2.35. The number of ether oxygens (including phenoxy) is 1. The molecular weight excluding hydrogens is 204 g/mol. The summed E-state index contributed by atoms with van der Waals surface area (Å²) >= 11 is 0. The van der Waals surface area contributed by atoms with Crippen molar-refractivity contribution in [1.82, 2.24) is 5.32 Å². The van der Waals surface area contributed by atoms with Gasteiger partial charge in [-0.05, 0) is 24.6 Å². The maximum atomic E-state index is 11.7. The van der Waals surface area contributed by atoms with Gasteiger partial charge in [0.15, 0.2) is 0 Å². The van der Waals surface area contributed by atoms with E-state index >= 15 is 0 Å². The Morgan fingerprint density at radius 2 is 2.31 bits per heavy atom. The number of carbonyl (C=O) groups excluding carboxylic acids is 1. The molecule has 4 heteroatoms. The van der Waals surface area contributed by atoms with Gasteiger partial charge in [0.05, 0.1) is 6.10 Å². The standard InChI is InChI=1S/C12H18N2O2/c1-9(16-2)8-14-12(15)11-5-3-4-10(6-11)7-13/h3-6,9H,7-8,13H2,1-2H3,(H,14,15). The van der Waals surface area contributed by atoms with Crippen LogP contribution < -0.4 is 11.1 Å². The van der Waals surface area contributed by atoms with Crippen LogP contribution >= 0.6 is 0 Å². The van der Waals surface area contributed by atoms with E-state index in [9.17, 15) is 4.79 Å². The first-order valence-corrected chi connectivity index (χ1v) is 5.27. The highest BCUT2D eigenvalue weighted by atomic mass is 16.5. The Bertz CT molecular complexity index is 353. The molecule has 1 amide bonds. The summed E-state index contributed by atoms with van der Waals surface area (Å²) in [4.78, 5) is 11.7. The van der Waals surface area contributed by atoms with Crippen molar-refractivity contribution in [2.24, 2.45) is 5.73 Å². The summed E-state index contributed by atoms with van der Waals surface area (Å²) in [5.41, 5.74) is 7.09. The molecule has 88 valence electrons. The van der Waals surface area contributed by atoms with Crippen molar-refractivity contribution in [3.05, 3.63) is 35.4 Å². The second kappa shape index (κ2) is 6.25. The molecule has 0 aromatic heterocycles. The topological polar surface area (TPSA) is 64.3 Å². The van der Waals surface area contributed by atoms with Crippen LogP contribution in [0.5, 0.6) is 0 Å². The molecule has 1 atom stereocenters. The molecule has 0 aliphatic heterocycles. The largest absolute Gasteiger partial charge is 0.380 e. The van der Waals surface area contributed by atoms with Crippen molar-refractivity contribution in [2.45, 2.75) is 19.6 Å². The number of carbonyl (C=O) groups is 1. The normalized spacial score (nSPS) is 12.2. The first-order valence-electron chi connectivity index (χ1n) is 5.27. The van der Waals surface area contributed by atoms with Crippen LogP contribution in [-0.4, -0.2) is 25.7 Å². The van der Waals surface area contributed by atoms with E-state index in [1.807, 2.05) is 19.1 Å². The molecule has 0 saturated carbocycles. The molecule has 1 unspecified atom stereocenters. The SMILES string of the molecule is COC(C)CNC(=O)c1cccc(CN)c1. The molecule has 0 heterocycles. The number of amides is 1. The van der Waals surface area contributed by atoms with E-state index in [-0.39, 0.29) is 12.0 Å². The monoisotopic (exact) mass is 222 g/mol. The van der Waals surface area contributed by atoms with Crippen molar-refractivity contribution in [1.29, 1.82) is 0 Å². The van der Waals surface area contributed by atoms with Crippen LogP contribution in [0.4, 0.5) is 0 Å². The highest BCUT2D eigenvalue weighted by Crippen LogP contribution is 2.04. The molecule has 0 spiro atoms. The van der Waals surface area contributed by atoms with Crippen LogP contribution in [-0.2, 0) is 11.3 Å². The van der Waals surface area contributed by atoms with Gasteiger partial charge in [-0.1, -0.05) is 12.1 Å². The number of nitrogens with one attached hydrogen (secondary N) is 1. The predicted octanol–water partition coefficient (Wildman–Crippen LogP) is 0.910. The van der Waals surface area contributed by atoms with E-state index in [0.717, 1.165) is 5.56 Å². The molecule has 4 nitrogen and oxygen atoms in total. The summed E-state index contributed by atoms with van der Waals surface area (Å²) in [5.74, 6) is -0.0980. The van der Waals surface area contributed by atoms with Gasteiger partial charge in [0.2, 0.25) is 0 Å². The van der Waals surface area contributed by atoms with Gasteiger partial charge in [0.25, 0.3) is 5.91 Å². The van der Waals surface area contributed by atoms with Crippen molar-refractivity contribution in [3.8, 4) is 0 Å². The molecule has 0 aliphatic rings. The lowest BCUT2D eigenvalue weighted by atomic mass is 10.1.